The van der Waals surface area contributed by atoms with Crippen LogP contribution in [0.4, 0.5) is 15.9 Å². The Balaban J connectivity index is 1.74. The third-order valence-corrected chi connectivity index (χ3v) is 3.56. The molecule has 1 aliphatic heterocycles. The van der Waals surface area contributed by atoms with Gasteiger partial charge in [-0.3, -0.25) is 0 Å². The Bertz CT molecular complexity index is 674. The largest absolute Gasteiger partial charge is 0.366 e. The quantitative estimate of drug-likeness (QED) is 0.841. The molecule has 1 fully saturated rings. The molecule has 2 aromatic rings. The van der Waals surface area contributed by atoms with Gasteiger partial charge in [-0.1, -0.05) is 12.1 Å². The molecule has 1 saturated heterocycles. The van der Waals surface area contributed by atoms with Gasteiger partial charge in [0.1, 0.15) is 11.9 Å². The van der Waals surface area contributed by atoms with Gasteiger partial charge in [0.15, 0.2) is 11.5 Å². The highest BCUT2D eigenvalue weighted by Gasteiger charge is 2.22. The first-order valence-corrected chi connectivity index (χ1v) is 6.75. The first kappa shape index (κ1) is 13.3. The van der Waals surface area contributed by atoms with Gasteiger partial charge in [-0.05, 0) is 12.1 Å². The first-order valence-electron chi connectivity index (χ1n) is 6.75. The molecule has 0 N–H and O–H groups in total. The van der Waals surface area contributed by atoms with Crippen LogP contribution in [0.2, 0.25) is 0 Å². The van der Waals surface area contributed by atoms with E-state index in [0.717, 1.165) is 0 Å². The summed E-state index contributed by atoms with van der Waals surface area (Å²) in [5, 5.41) is 9.08. The van der Waals surface area contributed by atoms with Gasteiger partial charge in [-0.25, -0.2) is 14.4 Å². The zero-order valence-corrected chi connectivity index (χ0v) is 11.4. The molecule has 0 unspecified atom stereocenters. The lowest BCUT2D eigenvalue weighted by atomic mass is 10.2. The number of benzene rings is 1. The van der Waals surface area contributed by atoms with Crippen LogP contribution in [0.15, 0.2) is 36.7 Å². The third kappa shape index (κ3) is 2.63. The molecule has 1 aromatic heterocycles. The maximum atomic E-state index is 13.8. The predicted molar refractivity (Wildman–Crippen MR) is 77.6 cm³/mol. The van der Waals surface area contributed by atoms with Gasteiger partial charge in [0.25, 0.3) is 0 Å². The summed E-state index contributed by atoms with van der Waals surface area (Å²) in [6.07, 6.45) is 3.09. The van der Waals surface area contributed by atoms with Gasteiger partial charge in [0.05, 0.1) is 5.69 Å². The number of piperazine rings is 1. The zero-order valence-electron chi connectivity index (χ0n) is 11.4. The lowest BCUT2D eigenvalue weighted by Gasteiger charge is -2.36. The summed E-state index contributed by atoms with van der Waals surface area (Å²) >= 11 is 0. The number of anilines is 2. The Morgan fingerprint density at radius 2 is 1.67 bits per heavy atom. The number of hydrogen-bond acceptors (Lipinski definition) is 5. The minimum atomic E-state index is -0.205. The molecule has 3 rings (SSSR count). The highest BCUT2D eigenvalue weighted by Crippen LogP contribution is 2.22. The second kappa shape index (κ2) is 5.75. The van der Waals surface area contributed by atoms with Crippen molar-refractivity contribution in [3.8, 4) is 6.07 Å². The van der Waals surface area contributed by atoms with Crippen molar-refractivity contribution in [2.45, 2.75) is 0 Å². The second-order valence-corrected chi connectivity index (χ2v) is 4.77. The van der Waals surface area contributed by atoms with Crippen LogP contribution in [0.3, 0.4) is 0 Å². The topological polar surface area (TPSA) is 56.1 Å². The summed E-state index contributed by atoms with van der Waals surface area (Å²) in [4.78, 5) is 12.3. The predicted octanol–water partition coefficient (Wildman–Crippen LogP) is 1.81. The number of nitrogens with zero attached hydrogens (tertiary/aromatic N) is 5. The summed E-state index contributed by atoms with van der Waals surface area (Å²) < 4.78 is 13.8. The van der Waals surface area contributed by atoms with Gasteiger partial charge in [0.2, 0.25) is 0 Å². The summed E-state index contributed by atoms with van der Waals surface area (Å²) in [6.45, 7) is 2.73. The SMILES string of the molecule is N#Cc1nccnc1N1CCN(c2ccccc2F)CC1. The van der Waals surface area contributed by atoms with Crippen LogP contribution in [-0.2, 0) is 0 Å². The molecule has 1 aromatic carbocycles. The number of hydrogen-bond donors (Lipinski definition) is 0. The van der Waals surface area contributed by atoms with Crippen molar-refractivity contribution in [2.24, 2.45) is 0 Å². The van der Waals surface area contributed by atoms with Crippen molar-refractivity contribution in [1.29, 1.82) is 5.26 Å². The van der Waals surface area contributed by atoms with E-state index in [2.05, 4.69) is 16.0 Å². The molecule has 6 heteroatoms. The molecule has 106 valence electrons. The van der Waals surface area contributed by atoms with E-state index in [1.807, 2.05) is 15.9 Å². The molecule has 0 bridgehead atoms. The van der Waals surface area contributed by atoms with Gasteiger partial charge in [-0.2, -0.15) is 5.26 Å². The van der Waals surface area contributed by atoms with E-state index >= 15 is 0 Å². The highest BCUT2D eigenvalue weighted by atomic mass is 19.1. The molecule has 0 aliphatic carbocycles. The number of rotatable bonds is 2. The Morgan fingerprint density at radius 3 is 2.38 bits per heavy atom. The van der Waals surface area contributed by atoms with Crippen LogP contribution in [0, 0.1) is 17.1 Å². The molecular formula is C15H14FN5. The Morgan fingerprint density at radius 1 is 1.00 bits per heavy atom. The molecule has 5 nitrogen and oxygen atoms in total. The maximum Gasteiger partial charge on any atom is 0.183 e. The van der Waals surface area contributed by atoms with E-state index in [9.17, 15) is 4.39 Å². The second-order valence-electron chi connectivity index (χ2n) is 4.77. The summed E-state index contributed by atoms with van der Waals surface area (Å²) in [6, 6.07) is 8.84. The third-order valence-electron chi connectivity index (χ3n) is 3.56. The van der Waals surface area contributed by atoms with Crippen LogP contribution in [0.25, 0.3) is 0 Å². The fourth-order valence-electron chi connectivity index (χ4n) is 2.51. The molecule has 21 heavy (non-hydrogen) atoms. The first-order chi connectivity index (χ1) is 10.3. The summed E-state index contributed by atoms with van der Waals surface area (Å²) in [5.41, 5.74) is 0.952. The maximum absolute atomic E-state index is 13.8. The molecule has 2 heterocycles. The van der Waals surface area contributed by atoms with E-state index in [0.29, 0.717) is 43.4 Å². The Labute approximate surface area is 122 Å². The van der Waals surface area contributed by atoms with Crippen molar-refractivity contribution in [2.75, 3.05) is 36.0 Å². The van der Waals surface area contributed by atoms with Crippen LogP contribution < -0.4 is 9.80 Å². The lowest BCUT2D eigenvalue weighted by molar-refractivity contribution is 0.595. The van der Waals surface area contributed by atoms with Crippen molar-refractivity contribution in [3.63, 3.8) is 0 Å². The lowest BCUT2D eigenvalue weighted by Crippen LogP contribution is -2.47. The van der Waals surface area contributed by atoms with Crippen molar-refractivity contribution in [3.05, 3.63) is 48.2 Å². The van der Waals surface area contributed by atoms with E-state index in [4.69, 9.17) is 5.26 Å². The minimum Gasteiger partial charge on any atom is -0.366 e. The minimum absolute atomic E-state index is 0.205. The van der Waals surface area contributed by atoms with Gasteiger partial charge in [0, 0.05) is 38.6 Å². The molecule has 0 radical (unpaired) electrons. The number of aromatic nitrogens is 2. The number of nitriles is 1. The summed E-state index contributed by atoms with van der Waals surface area (Å²) in [7, 11) is 0. The molecule has 0 spiro atoms. The van der Waals surface area contributed by atoms with E-state index in [-0.39, 0.29) is 5.82 Å². The van der Waals surface area contributed by atoms with E-state index in [1.165, 1.54) is 12.3 Å². The van der Waals surface area contributed by atoms with Gasteiger partial charge in [-0.15, -0.1) is 0 Å². The fourth-order valence-corrected chi connectivity index (χ4v) is 2.51. The van der Waals surface area contributed by atoms with Crippen LogP contribution in [0.5, 0.6) is 0 Å². The highest BCUT2D eigenvalue weighted by molar-refractivity contribution is 5.53. The fraction of sp³-hybridized carbons (Fsp3) is 0.267. The van der Waals surface area contributed by atoms with Crippen LogP contribution >= 0.6 is 0 Å². The molecule has 0 atom stereocenters. The van der Waals surface area contributed by atoms with Crippen molar-refractivity contribution < 1.29 is 4.39 Å². The van der Waals surface area contributed by atoms with E-state index in [1.54, 1.807) is 18.3 Å². The zero-order chi connectivity index (χ0) is 14.7. The normalized spacial score (nSPS) is 14.9. The number of halogens is 1. The molecular weight excluding hydrogens is 269 g/mol. The van der Waals surface area contributed by atoms with Crippen molar-refractivity contribution in [1.82, 2.24) is 9.97 Å². The smallest absolute Gasteiger partial charge is 0.183 e. The van der Waals surface area contributed by atoms with Gasteiger partial charge < -0.3 is 9.80 Å². The van der Waals surface area contributed by atoms with Crippen molar-refractivity contribution >= 4 is 11.5 Å². The number of para-hydroxylation sites is 1. The Kier molecular flexibility index (Phi) is 3.65. The molecule has 1 aliphatic rings. The Hall–Kier alpha value is -2.68. The average Bonchev–Trinajstić information content (AvgIpc) is 2.55. The molecule has 0 amide bonds. The summed E-state index contributed by atoms with van der Waals surface area (Å²) in [5.74, 6) is 0.399. The van der Waals surface area contributed by atoms with Crippen LogP contribution in [-0.4, -0.2) is 36.1 Å². The van der Waals surface area contributed by atoms with E-state index < -0.39 is 0 Å². The standard InChI is InChI=1S/C15H14FN5/c16-12-3-1-2-4-14(12)20-7-9-21(10-8-20)15-13(11-17)18-5-6-19-15/h1-6H,7-10H2. The van der Waals surface area contributed by atoms with Crippen LogP contribution in [0.1, 0.15) is 5.69 Å². The molecule has 0 saturated carbocycles. The average molecular weight is 283 g/mol. The monoisotopic (exact) mass is 283 g/mol. The van der Waals surface area contributed by atoms with Gasteiger partial charge >= 0.3 is 0 Å².